The second-order valence-corrected chi connectivity index (χ2v) is 5.79. The lowest BCUT2D eigenvalue weighted by Gasteiger charge is -2.13. The summed E-state index contributed by atoms with van der Waals surface area (Å²) < 4.78 is 11.9. The SMILES string of the molecule is COc1ccc(Br)cc1COc1c(Cl)cc(N)cc1Cl. The van der Waals surface area contributed by atoms with Gasteiger partial charge in [-0.1, -0.05) is 39.1 Å². The van der Waals surface area contributed by atoms with Gasteiger partial charge in [0, 0.05) is 15.7 Å². The van der Waals surface area contributed by atoms with Crippen molar-refractivity contribution < 1.29 is 9.47 Å². The molecule has 106 valence electrons. The Hall–Kier alpha value is -1.10. The lowest BCUT2D eigenvalue weighted by molar-refractivity contribution is 0.297. The molecule has 0 spiro atoms. The molecule has 0 aliphatic heterocycles. The molecule has 0 fully saturated rings. The van der Waals surface area contributed by atoms with Gasteiger partial charge in [0.05, 0.1) is 17.2 Å². The van der Waals surface area contributed by atoms with Crippen molar-refractivity contribution in [3.63, 3.8) is 0 Å². The van der Waals surface area contributed by atoms with E-state index in [1.807, 2.05) is 18.2 Å². The van der Waals surface area contributed by atoms with Crippen molar-refractivity contribution >= 4 is 44.8 Å². The van der Waals surface area contributed by atoms with E-state index in [4.69, 9.17) is 38.4 Å². The fourth-order valence-corrected chi connectivity index (χ4v) is 2.75. The highest BCUT2D eigenvalue weighted by Gasteiger charge is 2.11. The van der Waals surface area contributed by atoms with Crippen molar-refractivity contribution in [2.45, 2.75) is 6.61 Å². The van der Waals surface area contributed by atoms with Crippen LogP contribution in [0.2, 0.25) is 10.0 Å². The molecule has 6 heteroatoms. The maximum absolute atomic E-state index is 6.08. The van der Waals surface area contributed by atoms with Crippen LogP contribution in [0.25, 0.3) is 0 Å². The molecule has 20 heavy (non-hydrogen) atoms. The molecular formula is C14H12BrCl2NO2. The van der Waals surface area contributed by atoms with Crippen molar-refractivity contribution in [3.05, 3.63) is 50.4 Å². The third kappa shape index (κ3) is 3.51. The summed E-state index contributed by atoms with van der Waals surface area (Å²) in [5.74, 6) is 1.14. The van der Waals surface area contributed by atoms with Crippen LogP contribution in [-0.2, 0) is 6.61 Å². The second-order valence-electron chi connectivity index (χ2n) is 4.06. The molecule has 2 aromatic rings. The number of hydrogen-bond acceptors (Lipinski definition) is 3. The highest BCUT2D eigenvalue weighted by atomic mass is 79.9. The summed E-state index contributed by atoms with van der Waals surface area (Å²) in [5, 5.41) is 0.757. The van der Waals surface area contributed by atoms with E-state index in [1.165, 1.54) is 0 Å². The molecular weight excluding hydrogens is 365 g/mol. The first-order valence-corrected chi connectivity index (χ1v) is 7.26. The monoisotopic (exact) mass is 375 g/mol. The standard InChI is InChI=1S/C14H12BrCl2NO2/c1-19-13-3-2-9(15)4-8(13)7-20-14-11(16)5-10(18)6-12(14)17/h2-6H,7,18H2,1H3. The molecule has 2 rings (SSSR count). The van der Waals surface area contributed by atoms with Crippen LogP contribution in [0.1, 0.15) is 5.56 Å². The van der Waals surface area contributed by atoms with E-state index in [2.05, 4.69) is 15.9 Å². The number of nitrogens with two attached hydrogens (primary N) is 1. The van der Waals surface area contributed by atoms with Gasteiger partial charge in [0.1, 0.15) is 12.4 Å². The summed E-state index contributed by atoms with van der Waals surface area (Å²) in [6.07, 6.45) is 0. The van der Waals surface area contributed by atoms with Crippen LogP contribution in [0, 0.1) is 0 Å². The average Bonchev–Trinajstić information content (AvgIpc) is 2.37. The van der Waals surface area contributed by atoms with Gasteiger partial charge in [-0.15, -0.1) is 0 Å². The van der Waals surface area contributed by atoms with Gasteiger partial charge in [0.2, 0.25) is 0 Å². The molecule has 0 heterocycles. The molecule has 0 radical (unpaired) electrons. The molecule has 0 amide bonds. The molecule has 0 saturated carbocycles. The molecule has 0 bridgehead atoms. The summed E-state index contributed by atoms with van der Waals surface area (Å²) in [7, 11) is 1.61. The first-order chi connectivity index (χ1) is 9.51. The predicted molar refractivity (Wildman–Crippen MR) is 85.9 cm³/mol. The maximum Gasteiger partial charge on any atom is 0.157 e. The van der Waals surface area contributed by atoms with Crippen LogP contribution in [0.4, 0.5) is 5.69 Å². The highest BCUT2D eigenvalue weighted by Crippen LogP contribution is 2.36. The van der Waals surface area contributed by atoms with E-state index in [0.717, 1.165) is 15.8 Å². The zero-order valence-corrected chi connectivity index (χ0v) is 13.7. The molecule has 0 saturated heterocycles. The maximum atomic E-state index is 6.08. The Labute approximate surface area is 135 Å². The van der Waals surface area contributed by atoms with E-state index < -0.39 is 0 Å². The van der Waals surface area contributed by atoms with Gasteiger partial charge in [-0.05, 0) is 30.3 Å². The number of halogens is 3. The van der Waals surface area contributed by atoms with Crippen LogP contribution in [-0.4, -0.2) is 7.11 Å². The minimum atomic E-state index is 0.284. The van der Waals surface area contributed by atoms with E-state index in [-0.39, 0.29) is 6.61 Å². The number of benzene rings is 2. The first kappa shape index (κ1) is 15.3. The van der Waals surface area contributed by atoms with Crippen LogP contribution in [0.3, 0.4) is 0 Å². The largest absolute Gasteiger partial charge is 0.496 e. The summed E-state index contributed by atoms with van der Waals surface area (Å²) in [6.45, 7) is 0.284. The minimum absolute atomic E-state index is 0.284. The summed E-state index contributed by atoms with van der Waals surface area (Å²) in [6, 6.07) is 8.86. The topological polar surface area (TPSA) is 44.5 Å². The Morgan fingerprint density at radius 3 is 2.40 bits per heavy atom. The summed E-state index contributed by atoms with van der Waals surface area (Å²) in [4.78, 5) is 0. The van der Waals surface area contributed by atoms with Crippen molar-refractivity contribution in [2.75, 3.05) is 12.8 Å². The lowest BCUT2D eigenvalue weighted by atomic mass is 10.2. The number of anilines is 1. The van der Waals surface area contributed by atoms with Gasteiger partial charge < -0.3 is 15.2 Å². The smallest absolute Gasteiger partial charge is 0.157 e. The van der Waals surface area contributed by atoms with Crippen molar-refractivity contribution in [2.24, 2.45) is 0 Å². The quantitative estimate of drug-likeness (QED) is 0.769. The van der Waals surface area contributed by atoms with Gasteiger partial charge in [-0.2, -0.15) is 0 Å². The number of nitrogen functional groups attached to an aromatic ring is 1. The zero-order chi connectivity index (χ0) is 14.7. The Morgan fingerprint density at radius 2 is 1.80 bits per heavy atom. The summed E-state index contributed by atoms with van der Waals surface area (Å²) >= 11 is 15.6. The fraction of sp³-hybridized carbons (Fsp3) is 0.143. The Bertz CT molecular complexity index is 612. The predicted octanol–water partition coefficient (Wildman–Crippen LogP) is 4.93. The highest BCUT2D eigenvalue weighted by molar-refractivity contribution is 9.10. The van der Waals surface area contributed by atoms with Gasteiger partial charge in [0.25, 0.3) is 0 Å². The number of ether oxygens (including phenoxy) is 2. The molecule has 0 unspecified atom stereocenters. The van der Waals surface area contributed by atoms with Crippen molar-refractivity contribution in [1.29, 1.82) is 0 Å². The first-order valence-electron chi connectivity index (χ1n) is 5.71. The third-order valence-electron chi connectivity index (χ3n) is 2.64. The Morgan fingerprint density at radius 1 is 1.15 bits per heavy atom. The Kier molecular flexibility index (Phi) is 5.02. The van der Waals surface area contributed by atoms with E-state index >= 15 is 0 Å². The molecule has 0 aliphatic rings. The van der Waals surface area contributed by atoms with E-state index in [9.17, 15) is 0 Å². The van der Waals surface area contributed by atoms with Crippen LogP contribution < -0.4 is 15.2 Å². The van der Waals surface area contributed by atoms with Gasteiger partial charge in [-0.25, -0.2) is 0 Å². The van der Waals surface area contributed by atoms with Crippen LogP contribution in [0.15, 0.2) is 34.8 Å². The summed E-state index contributed by atoms with van der Waals surface area (Å²) in [5.41, 5.74) is 7.02. The third-order valence-corrected chi connectivity index (χ3v) is 3.69. The fourth-order valence-electron chi connectivity index (χ4n) is 1.73. The second kappa shape index (κ2) is 6.57. The lowest BCUT2D eigenvalue weighted by Crippen LogP contribution is -2.00. The number of rotatable bonds is 4. The van der Waals surface area contributed by atoms with Gasteiger partial charge in [-0.3, -0.25) is 0 Å². The normalized spacial score (nSPS) is 10.4. The number of methoxy groups -OCH3 is 1. The van der Waals surface area contributed by atoms with Gasteiger partial charge >= 0.3 is 0 Å². The molecule has 3 nitrogen and oxygen atoms in total. The molecule has 0 aliphatic carbocycles. The van der Waals surface area contributed by atoms with Gasteiger partial charge in [0.15, 0.2) is 5.75 Å². The Balaban J connectivity index is 2.23. The van der Waals surface area contributed by atoms with Crippen molar-refractivity contribution in [1.82, 2.24) is 0 Å². The van der Waals surface area contributed by atoms with E-state index in [1.54, 1.807) is 19.2 Å². The number of hydrogen-bond donors (Lipinski definition) is 1. The zero-order valence-electron chi connectivity index (χ0n) is 10.6. The molecule has 2 aromatic carbocycles. The molecule has 0 aromatic heterocycles. The van der Waals surface area contributed by atoms with E-state index in [0.29, 0.717) is 21.5 Å². The minimum Gasteiger partial charge on any atom is -0.496 e. The van der Waals surface area contributed by atoms with Crippen LogP contribution in [0.5, 0.6) is 11.5 Å². The van der Waals surface area contributed by atoms with Crippen molar-refractivity contribution in [3.8, 4) is 11.5 Å². The average molecular weight is 377 g/mol. The molecule has 2 N–H and O–H groups in total. The van der Waals surface area contributed by atoms with Crippen LogP contribution >= 0.6 is 39.1 Å². The molecule has 0 atom stereocenters.